The van der Waals surface area contributed by atoms with Crippen LogP contribution in [-0.4, -0.2) is 27.8 Å². The summed E-state index contributed by atoms with van der Waals surface area (Å²) in [4.78, 5) is 16.0. The first-order valence-electron chi connectivity index (χ1n) is 7.62. The molecule has 1 aromatic heterocycles. The van der Waals surface area contributed by atoms with Gasteiger partial charge in [-0.25, -0.2) is 9.67 Å². The molecule has 0 saturated heterocycles. The smallest absolute Gasteiger partial charge is 0.224 e. The highest BCUT2D eigenvalue weighted by atomic mass is 16.5. The van der Waals surface area contributed by atoms with E-state index in [2.05, 4.69) is 15.4 Å². The number of nitrogens with one attached hydrogen (secondary N) is 1. The highest BCUT2D eigenvalue weighted by molar-refractivity contribution is 5.90. The van der Waals surface area contributed by atoms with Crippen molar-refractivity contribution in [2.75, 3.05) is 12.4 Å². The molecule has 2 aromatic carbocycles. The minimum absolute atomic E-state index is 0.0145. The van der Waals surface area contributed by atoms with E-state index in [1.54, 1.807) is 18.1 Å². The zero-order chi connectivity index (χ0) is 16.8. The molecule has 0 atom stereocenters. The third kappa shape index (κ3) is 3.98. The van der Waals surface area contributed by atoms with Crippen molar-refractivity contribution in [3.05, 3.63) is 66.7 Å². The molecule has 0 aliphatic heterocycles. The zero-order valence-electron chi connectivity index (χ0n) is 13.3. The zero-order valence-corrected chi connectivity index (χ0v) is 13.3. The Balaban J connectivity index is 1.52. The molecule has 0 fully saturated rings. The maximum absolute atomic E-state index is 12.1. The van der Waals surface area contributed by atoms with Crippen LogP contribution in [0.5, 0.6) is 5.75 Å². The number of nitrogens with zero attached hydrogens (tertiary/aromatic N) is 3. The van der Waals surface area contributed by atoms with Crippen molar-refractivity contribution in [2.24, 2.45) is 0 Å². The Morgan fingerprint density at radius 3 is 2.50 bits per heavy atom. The van der Waals surface area contributed by atoms with Crippen molar-refractivity contribution < 1.29 is 9.53 Å². The van der Waals surface area contributed by atoms with E-state index in [0.717, 1.165) is 22.7 Å². The number of benzene rings is 2. The second-order valence-corrected chi connectivity index (χ2v) is 5.28. The van der Waals surface area contributed by atoms with E-state index in [1.165, 1.54) is 6.33 Å². The molecule has 24 heavy (non-hydrogen) atoms. The highest BCUT2D eigenvalue weighted by Crippen LogP contribution is 2.14. The lowest BCUT2D eigenvalue weighted by Crippen LogP contribution is -2.12. The number of hydrogen-bond donors (Lipinski definition) is 1. The fraction of sp³-hybridized carbons (Fsp3) is 0.167. The normalized spacial score (nSPS) is 10.4. The van der Waals surface area contributed by atoms with Gasteiger partial charge in [0.15, 0.2) is 0 Å². The number of hydrogen-bond acceptors (Lipinski definition) is 4. The van der Waals surface area contributed by atoms with Gasteiger partial charge in [-0.3, -0.25) is 4.79 Å². The summed E-state index contributed by atoms with van der Waals surface area (Å²) in [5.41, 5.74) is 2.76. The van der Waals surface area contributed by atoms with Crippen molar-refractivity contribution in [3.63, 3.8) is 0 Å². The molecule has 0 saturated carbocycles. The Kier molecular flexibility index (Phi) is 4.86. The predicted molar refractivity (Wildman–Crippen MR) is 91.3 cm³/mol. The topological polar surface area (TPSA) is 69.0 Å². The van der Waals surface area contributed by atoms with Gasteiger partial charge in [-0.1, -0.05) is 12.1 Å². The Morgan fingerprint density at radius 2 is 1.88 bits per heavy atom. The first-order valence-corrected chi connectivity index (χ1v) is 7.62. The second-order valence-electron chi connectivity index (χ2n) is 5.28. The number of aryl methyl sites for hydroxylation is 1. The second kappa shape index (κ2) is 7.41. The Bertz CT molecular complexity index is 781. The molecule has 0 aliphatic rings. The minimum Gasteiger partial charge on any atom is -0.497 e. The Hall–Kier alpha value is -3.15. The van der Waals surface area contributed by atoms with Crippen LogP contribution in [0.15, 0.2) is 61.2 Å². The summed E-state index contributed by atoms with van der Waals surface area (Å²) in [5, 5.41) is 6.96. The van der Waals surface area contributed by atoms with Gasteiger partial charge in [0.05, 0.1) is 12.8 Å². The van der Waals surface area contributed by atoms with Crippen molar-refractivity contribution in [3.8, 4) is 11.4 Å². The summed E-state index contributed by atoms with van der Waals surface area (Å²) < 4.78 is 6.78. The van der Waals surface area contributed by atoms with Crippen LogP contribution in [0.3, 0.4) is 0 Å². The molecule has 3 rings (SSSR count). The number of carbonyl (C=O) groups excluding carboxylic acids is 1. The molecule has 0 aliphatic carbocycles. The van der Waals surface area contributed by atoms with Crippen molar-refractivity contribution in [2.45, 2.75) is 12.8 Å². The molecule has 1 N–H and O–H groups in total. The number of aromatic nitrogens is 3. The predicted octanol–water partition coefficient (Wildman–Crippen LogP) is 2.85. The van der Waals surface area contributed by atoms with Crippen LogP contribution in [0.25, 0.3) is 5.69 Å². The molecule has 3 aromatic rings. The van der Waals surface area contributed by atoms with Gasteiger partial charge in [0, 0.05) is 12.1 Å². The molecular formula is C18H18N4O2. The standard InChI is InChI=1S/C18H18N4O2/c1-24-17-9-2-14(3-10-17)4-11-18(23)21-15-5-7-16(8-6-15)22-13-19-12-20-22/h2-3,5-10,12-13H,4,11H2,1H3,(H,21,23). The highest BCUT2D eigenvalue weighted by Gasteiger charge is 2.04. The first kappa shape index (κ1) is 15.7. The van der Waals surface area contributed by atoms with E-state index in [1.807, 2.05) is 48.5 Å². The molecule has 122 valence electrons. The van der Waals surface area contributed by atoms with Gasteiger partial charge in [-0.05, 0) is 48.4 Å². The average molecular weight is 322 g/mol. The molecule has 1 heterocycles. The van der Waals surface area contributed by atoms with Crippen LogP contribution in [0.1, 0.15) is 12.0 Å². The van der Waals surface area contributed by atoms with E-state index in [0.29, 0.717) is 12.8 Å². The lowest BCUT2D eigenvalue weighted by molar-refractivity contribution is -0.116. The van der Waals surface area contributed by atoms with Gasteiger partial charge in [0.1, 0.15) is 18.4 Å². The van der Waals surface area contributed by atoms with Crippen LogP contribution in [0.4, 0.5) is 5.69 Å². The van der Waals surface area contributed by atoms with Gasteiger partial charge in [0.25, 0.3) is 0 Å². The molecule has 6 heteroatoms. The van der Waals surface area contributed by atoms with Crippen LogP contribution >= 0.6 is 0 Å². The van der Waals surface area contributed by atoms with Crippen LogP contribution in [0.2, 0.25) is 0 Å². The van der Waals surface area contributed by atoms with Crippen molar-refractivity contribution in [1.29, 1.82) is 0 Å². The van der Waals surface area contributed by atoms with Crippen molar-refractivity contribution >= 4 is 11.6 Å². The largest absolute Gasteiger partial charge is 0.497 e. The molecule has 0 radical (unpaired) electrons. The summed E-state index contributed by atoms with van der Waals surface area (Å²) in [6, 6.07) is 15.2. The number of amides is 1. The average Bonchev–Trinajstić information content (AvgIpc) is 3.16. The summed E-state index contributed by atoms with van der Waals surface area (Å²) >= 11 is 0. The summed E-state index contributed by atoms with van der Waals surface area (Å²) in [6.07, 6.45) is 4.22. The Labute approximate surface area is 140 Å². The summed E-state index contributed by atoms with van der Waals surface area (Å²) in [6.45, 7) is 0. The molecule has 6 nitrogen and oxygen atoms in total. The van der Waals surface area contributed by atoms with Crippen LogP contribution in [-0.2, 0) is 11.2 Å². The first-order chi connectivity index (χ1) is 11.7. The molecular weight excluding hydrogens is 304 g/mol. The molecule has 0 unspecified atom stereocenters. The number of methoxy groups -OCH3 is 1. The van der Waals surface area contributed by atoms with E-state index >= 15 is 0 Å². The van der Waals surface area contributed by atoms with Crippen LogP contribution in [0, 0.1) is 0 Å². The molecule has 0 bridgehead atoms. The van der Waals surface area contributed by atoms with Crippen molar-refractivity contribution in [1.82, 2.24) is 14.8 Å². The van der Waals surface area contributed by atoms with Gasteiger partial charge in [-0.2, -0.15) is 5.10 Å². The number of anilines is 1. The molecule has 0 spiro atoms. The summed E-state index contributed by atoms with van der Waals surface area (Å²) in [7, 11) is 1.64. The lowest BCUT2D eigenvalue weighted by Gasteiger charge is -2.07. The maximum Gasteiger partial charge on any atom is 0.224 e. The summed E-state index contributed by atoms with van der Waals surface area (Å²) in [5.74, 6) is 0.801. The van der Waals surface area contributed by atoms with Gasteiger partial charge in [0.2, 0.25) is 5.91 Å². The monoisotopic (exact) mass is 322 g/mol. The Morgan fingerprint density at radius 1 is 1.12 bits per heavy atom. The third-order valence-corrected chi connectivity index (χ3v) is 3.63. The quantitative estimate of drug-likeness (QED) is 0.757. The maximum atomic E-state index is 12.1. The van der Waals surface area contributed by atoms with E-state index in [-0.39, 0.29) is 5.91 Å². The molecule has 1 amide bonds. The fourth-order valence-corrected chi connectivity index (χ4v) is 2.31. The van der Waals surface area contributed by atoms with Gasteiger partial charge in [-0.15, -0.1) is 0 Å². The third-order valence-electron chi connectivity index (χ3n) is 3.63. The SMILES string of the molecule is COc1ccc(CCC(=O)Nc2ccc(-n3cncn3)cc2)cc1. The van der Waals surface area contributed by atoms with Gasteiger partial charge >= 0.3 is 0 Å². The van der Waals surface area contributed by atoms with Gasteiger partial charge < -0.3 is 10.1 Å². The van der Waals surface area contributed by atoms with E-state index in [9.17, 15) is 4.79 Å². The minimum atomic E-state index is -0.0145. The number of rotatable bonds is 6. The van der Waals surface area contributed by atoms with E-state index < -0.39 is 0 Å². The number of ether oxygens (including phenoxy) is 1. The fourth-order valence-electron chi connectivity index (χ4n) is 2.31. The van der Waals surface area contributed by atoms with E-state index in [4.69, 9.17) is 4.74 Å². The number of carbonyl (C=O) groups is 1. The lowest BCUT2D eigenvalue weighted by atomic mass is 10.1. The van der Waals surface area contributed by atoms with Crippen LogP contribution < -0.4 is 10.1 Å².